The highest BCUT2D eigenvalue weighted by Gasteiger charge is 2.05. The van der Waals surface area contributed by atoms with Crippen molar-refractivity contribution >= 4 is 5.69 Å². The number of hydrogen-bond donors (Lipinski definition) is 2. The number of non-ortho nitro benzene ring substituents is 1. The first-order valence-corrected chi connectivity index (χ1v) is 6.40. The lowest BCUT2D eigenvalue weighted by Crippen LogP contribution is -2.12. The molecule has 0 atom stereocenters. The van der Waals surface area contributed by atoms with Crippen molar-refractivity contribution in [3.8, 4) is 11.5 Å². The molecule has 0 amide bonds. The third-order valence-corrected chi connectivity index (χ3v) is 3.08. The Morgan fingerprint density at radius 3 is 2.48 bits per heavy atom. The molecular weight excluding hydrogens is 272 g/mol. The molecule has 110 valence electrons. The van der Waals surface area contributed by atoms with Gasteiger partial charge in [0.05, 0.1) is 12.0 Å². The minimum absolute atomic E-state index is 0.0755. The van der Waals surface area contributed by atoms with Crippen molar-refractivity contribution in [3.05, 3.63) is 63.7 Å². The van der Waals surface area contributed by atoms with Crippen molar-refractivity contribution in [2.75, 3.05) is 7.11 Å². The summed E-state index contributed by atoms with van der Waals surface area (Å²) in [5, 5.41) is 23.5. The maximum Gasteiger partial charge on any atom is 0.269 e. The van der Waals surface area contributed by atoms with E-state index in [1.165, 1.54) is 12.1 Å². The van der Waals surface area contributed by atoms with Crippen LogP contribution in [0.3, 0.4) is 0 Å². The van der Waals surface area contributed by atoms with Crippen LogP contribution >= 0.6 is 0 Å². The van der Waals surface area contributed by atoms with E-state index in [2.05, 4.69) is 5.32 Å². The summed E-state index contributed by atoms with van der Waals surface area (Å²) in [4.78, 5) is 10.1. The van der Waals surface area contributed by atoms with Crippen molar-refractivity contribution in [1.29, 1.82) is 0 Å². The summed E-state index contributed by atoms with van der Waals surface area (Å²) in [6, 6.07) is 11.5. The van der Waals surface area contributed by atoms with Gasteiger partial charge in [-0.15, -0.1) is 0 Å². The van der Waals surface area contributed by atoms with Crippen LogP contribution in [-0.2, 0) is 13.1 Å². The van der Waals surface area contributed by atoms with E-state index in [1.807, 2.05) is 0 Å². The largest absolute Gasteiger partial charge is 0.507 e. The number of nitro groups is 1. The van der Waals surface area contributed by atoms with Gasteiger partial charge in [-0.3, -0.25) is 10.1 Å². The van der Waals surface area contributed by atoms with Gasteiger partial charge in [0, 0.05) is 36.9 Å². The first kappa shape index (κ1) is 14.8. The second-order valence-electron chi connectivity index (χ2n) is 4.52. The molecule has 0 spiro atoms. The molecule has 21 heavy (non-hydrogen) atoms. The number of hydrogen-bond acceptors (Lipinski definition) is 5. The first-order chi connectivity index (χ1) is 10.1. The SMILES string of the molecule is COc1ccc(CNCc2ccc([N+](=O)[O-])cc2)c(O)c1. The summed E-state index contributed by atoms with van der Waals surface area (Å²) in [6.45, 7) is 1.05. The number of ether oxygens (including phenoxy) is 1. The Morgan fingerprint density at radius 2 is 1.90 bits per heavy atom. The molecule has 0 aliphatic heterocycles. The van der Waals surface area contributed by atoms with Gasteiger partial charge < -0.3 is 15.2 Å². The molecule has 0 bridgehead atoms. The van der Waals surface area contributed by atoms with Crippen LogP contribution < -0.4 is 10.1 Å². The molecule has 2 aromatic rings. The molecule has 2 rings (SSSR count). The van der Waals surface area contributed by atoms with Crippen LogP contribution in [0.2, 0.25) is 0 Å². The minimum Gasteiger partial charge on any atom is -0.507 e. The minimum atomic E-state index is -0.424. The molecule has 0 aliphatic rings. The van der Waals surface area contributed by atoms with Gasteiger partial charge >= 0.3 is 0 Å². The van der Waals surface area contributed by atoms with Gasteiger partial charge in [-0.25, -0.2) is 0 Å². The molecule has 0 heterocycles. The van der Waals surface area contributed by atoms with Crippen LogP contribution in [0, 0.1) is 10.1 Å². The molecule has 0 saturated carbocycles. The molecule has 0 aromatic heterocycles. The molecule has 6 nitrogen and oxygen atoms in total. The fourth-order valence-corrected chi connectivity index (χ4v) is 1.90. The number of benzene rings is 2. The van der Waals surface area contributed by atoms with Gasteiger partial charge in [-0.2, -0.15) is 0 Å². The third-order valence-electron chi connectivity index (χ3n) is 3.08. The van der Waals surface area contributed by atoms with Crippen LogP contribution in [0.5, 0.6) is 11.5 Å². The number of methoxy groups -OCH3 is 1. The van der Waals surface area contributed by atoms with Gasteiger partial charge in [0.1, 0.15) is 11.5 Å². The Kier molecular flexibility index (Phi) is 4.73. The van der Waals surface area contributed by atoms with Crippen LogP contribution in [0.25, 0.3) is 0 Å². The Balaban J connectivity index is 1.90. The summed E-state index contributed by atoms with van der Waals surface area (Å²) in [5.41, 5.74) is 1.78. The maximum absolute atomic E-state index is 10.6. The van der Waals surface area contributed by atoms with E-state index < -0.39 is 4.92 Å². The van der Waals surface area contributed by atoms with Crippen molar-refractivity contribution in [2.45, 2.75) is 13.1 Å². The van der Waals surface area contributed by atoms with Gasteiger partial charge in [-0.05, 0) is 11.6 Å². The Hall–Kier alpha value is -2.60. The summed E-state index contributed by atoms with van der Waals surface area (Å²) in [7, 11) is 1.54. The standard InChI is InChI=1S/C15H16N2O4/c1-21-14-7-4-12(15(18)8-14)10-16-9-11-2-5-13(6-3-11)17(19)20/h2-8,16,18H,9-10H2,1H3. The van der Waals surface area contributed by atoms with Crippen LogP contribution in [0.4, 0.5) is 5.69 Å². The summed E-state index contributed by atoms with van der Waals surface area (Å²) >= 11 is 0. The summed E-state index contributed by atoms with van der Waals surface area (Å²) < 4.78 is 5.02. The topological polar surface area (TPSA) is 84.6 Å². The summed E-state index contributed by atoms with van der Waals surface area (Å²) in [6.07, 6.45) is 0. The van der Waals surface area contributed by atoms with Gasteiger partial charge in [0.15, 0.2) is 0 Å². The highest BCUT2D eigenvalue weighted by molar-refractivity contribution is 5.39. The van der Waals surface area contributed by atoms with Crippen molar-refractivity contribution in [1.82, 2.24) is 5.32 Å². The number of aromatic hydroxyl groups is 1. The third kappa shape index (κ3) is 3.93. The smallest absolute Gasteiger partial charge is 0.269 e. The predicted octanol–water partition coefficient (Wildman–Crippen LogP) is 2.60. The number of nitrogens with one attached hydrogen (secondary N) is 1. The van der Waals surface area contributed by atoms with E-state index >= 15 is 0 Å². The Labute approximate surface area is 122 Å². The zero-order valence-corrected chi connectivity index (χ0v) is 11.6. The first-order valence-electron chi connectivity index (χ1n) is 6.40. The van der Waals surface area contributed by atoms with E-state index in [1.54, 1.807) is 37.4 Å². The Bertz CT molecular complexity index is 626. The second kappa shape index (κ2) is 6.71. The van der Waals surface area contributed by atoms with Crippen molar-refractivity contribution < 1.29 is 14.8 Å². The van der Waals surface area contributed by atoms with Crippen molar-refractivity contribution in [3.63, 3.8) is 0 Å². The van der Waals surface area contributed by atoms with Crippen LogP contribution in [0.1, 0.15) is 11.1 Å². The monoisotopic (exact) mass is 288 g/mol. The number of rotatable bonds is 6. The molecule has 0 aliphatic carbocycles. The van der Waals surface area contributed by atoms with E-state index in [4.69, 9.17) is 4.74 Å². The highest BCUT2D eigenvalue weighted by Crippen LogP contribution is 2.23. The van der Waals surface area contributed by atoms with Crippen LogP contribution in [0.15, 0.2) is 42.5 Å². The average Bonchev–Trinajstić information content (AvgIpc) is 2.49. The normalized spacial score (nSPS) is 10.3. The number of phenolic OH excluding ortho intramolecular Hbond substituents is 1. The Morgan fingerprint density at radius 1 is 1.19 bits per heavy atom. The molecule has 2 N–H and O–H groups in total. The quantitative estimate of drug-likeness (QED) is 0.630. The lowest BCUT2D eigenvalue weighted by atomic mass is 10.1. The lowest BCUT2D eigenvalue weighted by molar-refractivity contribution is -0.384. The van der Waals surface area contributed by atoms with E-state index in [0.717, 1.165) is 11.1 Å². The molecule has 0 unspecified atom stereocenters. The molecule has 6 heteroatoms. The summed E-state index contributed by atoms with van der Waals surface area (Å²) in [5.74, 6) is 0.775. The molecule has 0 saturated heterocycles. The van der Waals surface area contributed by atoms with Gasteiger partial charge in [0.25, 0.3) is 5.69 Å². The van der Waals surface area contributed by atoms with E-state index in [9.17, 15) is 15.2 Å². The maximum atomic E-state index is 10.6. The van der Waals surface area contributed by atoms with Crippen molar-refractivity contribution in [2.24, 2.45) is 0 Å². The predicted molar refractivity (Wildman–Crippen MR) is 78.3 cm³/mol. The average molecular weight is 288 g/mol. The number of phenols is 1. The molecular formula is C15H16N2O4. The molecule has 2 aromatic carbocycles. The lowest BCUT2D eigenvalue weighted by Gasteiger charge is -2.08. The van der Waals surface area contributed by atoms with Gasteiger partial charge in [-0.1, -0.05) is 18.2 Å². The molecule has 0 fully saturated rings. The zero-order chi connectivity index (χ0) is 15.2. The zero-order valence-electron chi connectivity index (χ0n) is 11.6. The fraction of sp³-hybridized carbons (Fsp3) is 0.200. The molecule has 0 radical (unpaired) electrons. The van der Waals surface area contributed by atoms with Gasteiger partial charge in [0.2, 0.25) is 0 Å². The highest BCUT2D eigenvalue weighted by atomic mass is 16.6. The van der Waals surface area contributed by atoms with Crippen LogP contribution in [-0.4, -0.2) is 17.1 Å². The van der Waals surface area contributed by atoms with E-state index in [0.29, 0.717) is 18.8 Å². The van der Waals surface area contributed by atoms with E-state index in [-0.39, 0.29) is 11.4 Å². The second-order valence-corrected chi connectivity index (χ2v) is 4.52. The number of nitrogens with zero attached hydrogens (tertiary/aromatic N) is 1. The fourth-order valence-electron chi connectivity index (χ4n) is 1.90. The number of nitro benzene ring substituents is 1.